The lowest BCUT2D eigenvalue weighted by Crippen LogP contribution is -2.14. The molecule has 6 heteroatoms. The molecule has 0 aliphatic carbocycles. The molecule has 0 aromatic carbocycles. The highest BCUT2D eigenvalue weighted by Crippen LogP contribution is 2.10. The maximum absolute atomic E-state index is 10.9. The van der Waals surface area contributed by atoms with Gasteiger partial charge in [0.05, 0.1) is 0 Å². The lowest BCUT2D eigenvalue weighted by atomic mass is 10.2. The highest BCUT2D eigenvalue weighted by molar-refractivity contribution is 6.08. The molecule has 0 saturated heterocycles. The van der Waals surface area contributed by atoms with Gasteiger partial charge in [-0.25, -0.2) is 9.97 Å². The molecule has 1 aliphatic heterocycles. The van der Waals surface area contributed by atoms with Gasteiger partial charge in [-0.1, -0.05) is 0 Å². The highest BCUT2D eigenvalue weighted by atomic mass is 16.2. The first kappa shape index (κ1) is 6.71. The van der Waals surface area contributed by atoms with Crippen LogP contribution in [0.15, 0.2) is 22.6 Å². The van der Waals surface area contributed by atoms with Crippen molar-refractivity contribution in [2.75, 3.05) is 0 Å². The van der Waals surface area contributed by atoms with Crippen LogP contribution in [0.25, 0.3) is 0 Å². The smallest absolute Gasteiger partial charge is 0.263 e. The number of azo groups is 1. The van der Waals surface area contributed by atoms with Gasteiger partial charge in [-0.15, -0.1) is 10.2 Å². The predicted molar refractivity (Wildman–Crippen MR) is 35.5 cm³/mol. The fourth-order valence-corrected chi connectivity index (χ4v) is 0.837. The van der Waals surface area contributed by atoms with E-state index in [1.54, 1.807) is 0 Å². The number of aromatic nitrogens is 2. The number of fused-ring (bicyclic) bond motifs is 1. The number of amides is 2. The van der Waals surface area contributed by atoms with E-state index in [0.29, 0.717) is 0 Å². The third kappa shape index (κ3) is 0.815. The second kappa shape index (κ2) is 2.26. The summed E-state index contributed by atoms with van der Waals surface area (Å²) in [6.45, 7) is 0. The Morgan fingerprint density at radius 3 is 1.67 bits per heavy atom. The van der Waals surface area contributed by atoms with Crippen LogP contribution >= 0.6 is 0 Å². The van der Waals surface area contributed by atoms with E-state index in [-0.39, 0.29) is 11.4 Å². The van der Waals surface area contributed by atoms with Crippen LogP contribution in [-0.4, -0.2) is 21.8 Å². The van der Waals surface area contributed by atoms with Gasteiger partial charge < -0.3 is 0 Å². The van der Waals surface area contributed by atoms with Gasteiger partial charge in [0, 0.05) is 12.4 Å². The summed E-state index contributed by atoms with van der Waals surface area (Å²) in [7, 11) is 0. The summed E-state index contributed by atoms with van der Waals surface area (Å²) in [6, 6.07) is 0. The number of carbonyl (C=O) groups is 2. The first-order valence-electron chi connectivity index (χ1n) is 3.10. The van der Waals surface area contributed by atoms with Crippen LogP contribution in [0.2, 0.25) is 0 Å². The monoisotopic (exact) mass is 162 g/mol. The average Bonchev–Trinajstić information content (AvgIpc) is 2.12. The van der Waals surface area contributed by atoms with E-state index in [2.05, 4.69) is 20.2 Å². The Morgan fingerprint density at radius 2 is 1.25 bits per heavy atom. The van der Waals surface area contributed by atoms with E-state index in [1.165, 1.54) is 12.4 Å². The molecular weight excluding hydrogens is 160 g/mol. The molecule has 0 N–H and O–H groups in total. The van der Waals surface area contributed by atoms with Gasteiger partial charge in [0.25, 0.3) is 0 Å². The zero-order chi connectivity index (χ0) is 8.55. The molecule has 0 unspecified atom stereocenters. The van der Waals surface area contributed by atoms with Gasteiger partial charge in [-0.3, -0.25) is 9.59 Å². The van der Waals surface area contributed by atoms with E-state index >= 15 is 0 Å². The van der Waals surface area contributed by atoms with Gasteiger partial charge in [0.1, 0.15) is 0 Å². The maximum atomic E-state index is 10.9. The molecule has 0 bridgehead atoms. The fourth-order valence-electron chi connectivity index (χ4n) is 0.837. The molecule has 1 aromatic rings. The number of hydrogen-bond donors (Lipinski definition) is 0. The molecular formula is C6H2N4O2. The minimum atomic E-state index is -0.627. The van der Waals surface area contributed by atoms with Gasteiger partial charge in [0.15, 0.2) is 11.4 Å². The van der Waals surface area contributed by atoms with E-state index in [0.717, 1.165) is 0 Å². The van der Waals surface area contributed by atoms with Crippen molar-refractivity contribution in [2.24, 2.45) is 10.2 Å². The zero-order valence-electron chi connectivity index (χ0n) is 5.76. The van der Waals surface area contributed by atoms with Crippen LogP contribution in [-0.2, 0) is 0 Å². The highest BCUT2D eigenvalue weighted by Gasteiger charge is 2.23. The van der Waals surface area contributed by atoms with Crippen molar-refractivity contribution in [1.82, 2.24) is 9.97 Å². The number of carbonyl (C=O) groups excluding carboxylic acids is 2. The van der Waals surface area contributed by atoms with Crippen LogP contribution in [0.1, 0.15) is 21.0 Å². The minimum Gasteiger partial charge on any atom is -0.263 e. The van der Waals surface area contributed by atoms with E-state index in [9.17, 15) is 9.59 Å². The minimum absolute atomic E-state index is 0.0301. The average molecular weight is 162 g/mol. The fraction of sp³-hybridized carbons (Fsp3) is 0. The predicted octanol–water partition coefficient (Wildman–Crippen LogP) is 0.223. The molecule has 0 saturated carbocycles. The Morgan fingerprint density at radius 1 is 0.833 bits per heavy atom. The van der Waals surface area contributed by atoms with Crippen molar-refractivity contribution in [3.63, 3.8) is 0 Å². The third-order valence-corrected chi connectivity index (χ3v) is 1.34. The molecule has 2 amide bonds. The summed E-state index contributed by atoms with van der Waals surface area (Å²) >= 11 is 0. The zero-order valence-corrected chi connectivity index (χ0v) is 5.76. The Labute approximate surface area is 66.4 Å². The quantitative estimate of drug-likeness (QED) is 0.546. The first-order valence-corrected chi connectivity index (χ1v) is 3.10. The second-order valence-electron chi connectivity index (χ2n) is 2.06. The summed E-state index contributed by atoms with van der Waals surface area (Å²) < 4.78 is 0. The largest absolute Gasteiger partial charge is 0.316 e. The van der Waals surface area contributed by atoms with Crippen molar-refractivity contribution in [1.29, 1.82) is 0 Å². The molecule has 6 nitrogen and oxygen atoms in total. The summed E-state index contributed by atoms with van der Waals surface area (Å²) in [5, 5.41) is 6.17. The van der Waals surface area contributed by atoms with Crippen LogP contribution < -0.4 is 0 Å². The van der Waals surface area contributed by atoms with Gasteiger partial charge in [-0.05, 0) is 0 Å². The SMILES string of the molecule is O=C1N=NC(=O)c2nccnc21. The van der Waals surface area contributed by atoms with Crippen molar-refractivity contribution in [3.8, 4) is 0 Å². The first-order chi connectivity index (χ1) is 5.79. The van der Waals surface area contributed by atoms with Crippen molar-refractivity contribution in [2.45, 2.75) is 0 Å². The lowest BCUT2D eigenvalue weighted by Gasteiger charge is -2.01. The summed E-state index contributed by atoms with van der Waals surface area (Å²) in [5.74, 6) is -1.25. The lowest BCUT2D eigenvalue weighted by molar-refractivity contribution is 0.0912. The molecule has 12 heavy (non-hydrogen) atoms. The summed E-state index contributed by atoms with van der Waals surface area (Å²) in [6.07, 6.45) is 2.65. The Kier molecular flexibility index (Phi) is 1.26. The Bertz CT molecular complexity index is 361. The molecule has 0 radical (unpaired) electrons. The van der Waals surface area contributed by atoms with Crippen LogP contribution in [0.5, 0.6) is 0 Å². The van der Waals surface area contributed by atoms with E-state index < -0.39 is 11.8 Å². The molecule has 1 aromatic heterocycles. The molecule has 58 valence electrons. The summed E-state index contributed by atoms with van der Waals surface area (Å²) in [5.41, 5.74) is -0.0602. The summed E-state index contributed by atoms with van der Waals surface area (Å²) in [4.78, 5) is 29.2. The topological polar surface area (TPSA) is 84.6 Å². The maximum Gasteiger partial charge on any atom is 0.316 e. The molecule has 2 heterocycles. The van der Waals surface area contributed by atoms with Crippen molar-refractivity contribution in [3.05, 3.63) is 23.8 Å². The molecule has 2 rings (SSSR count). The Hall–Kier alpha value is -1.98. The normalized spacial score (nSPS) is 14.7. The standard InChI is InChI=1S/C6H2N4O2/c11-5-3-4(6(12)10-9-5)8-2-1-7-3/h1-2H. The third-order valence-electron chi connectivity index (χ3n) is 1.34. The molecule has 0 spiro atoms. The van der Waals surface area contributed by atoms with Crippen molar-refractivity contribution >= 4 is 11.8 Å². The van der Waals surface area contributed by atoms with Crippen LogP contribution in [0.3, 0.4) is 0 Å². The van der Waals surface area contributed by atoms with Gasteiger partial charge in [-0.2, -0.15) is 0 Å². The van der Waals surface area contributed by atoms with Crippen LogP contribution in [0.4, 0.5) is 0 Å². The molecule has 0 atom stereocenters. The van der Waals surface area contributed by atoms with Gasteiger partial charge in [0.2, 0.25) is 0 Å². The van der Waals surface area contributed by atoms with E-state index in [1.807, 2.05) is 0 Å². The number of nitrogens with zero attached hydrogens (tertiary/aromatic N) is 4. The van der Waals surface area contributed by atoms with E-state index in [4.69, 9.17) is 0 Å². The second-order valence-corrected chi connectivity index (χ2v) is 2.06. The molecule has 1 aliphatic rings. The van der Waals surface area contributed by atoms with Gasteiger partial charge >= 0.3 is 11.8 Å². The Balaban J connectivity index is 2.69. The van der Waals surface area contributed by atoms with Crippen LogP contribution in [0, 0.1) is 0 Å². The van der Waals surface area contributed by atoms with Crippen molar-refractivity contribution < 1.29 is 9.59 Å². The number of hydrogen-bond acceptors (Lipinski definition) is 4. The number of rotatable bonds is 0. The molecule has 0 fully saturated rings.